The highest BCUT2D eigenvalue weighted by molar-refractivity contribution is 7.90. The minimum absolute atomic E-state index is 0.00544. The van der Waals surface area contributed by atoms with Gasteiger partial charge in [0, 0.05) is 44.3 Å². The Labute approximate surface area is 152 Å². The summed E-state index contributed by atoms with van der Waals surface area (Å²) in [5, 5.41) is 11.0. The summed E-state index contributed by atoms with van der Waals surface area (Å²) in [6, 6.07) is 13.6. The summed E-state index contributed by atoms with van der Waals surface area (Å²) < 4.78 is 30.2. The van der Waals surface area contributed by atoms with E-state index >= 15 is 0 Å². The van der Waals surface area contributed by atoms with Crippen LogP contribution in [-0.4, -0.2) is 38.8 Å². The smallest absolute Gasteiger partial charge is 0.270 e. The molecule has 2 aromatic rings. The van der Waals surface area contributed by atoms with E-state index in [9.17, 15) is 18.5 Å². The molecule has 1 aliphatic heterocycles. The largest absolute Gasteiger partial charge is 0.490 e. The average Bonchev–Trinajstić information content (AvgIpc) is 2.62. The number of anilines is 1. The molecule has 1 heterocycles. The highest BCUT2D eigenvalue weighted by Crippen LogP contribution is 2.32. The quantitative estimate of drug-likeness (QED) is 0.588. The molecule has 0 bridgehead atoms. The van der Waals surface area contributed by atoms with Gasteiger partial charge in [-0.2, -0.15) is 0 Å². The van der Waals surface area contributed by atoms with Crippen molar-refractivity contribution in [3.8, 4) is 5.75 Å². The van der Waals surface area contributed by atoms with E-state index in [2.05, 4.69) is 0 Å². The van der Waals surface area contributed by atoms with Crippen LogP contribution in [0.5, 0.6) is 5.75 Å². The predicted molar refractivity (Wildman–Crippen MR) is 98.5 cm³/mol. The molecule has 3 rings (SSSR count). The van der Waals surface area contributed by atoms with E-state index in [1.165, 1.54) is 12.1 Å². The van der Waals surface area contributed by atoms with E-state index in [-0.39, 0.29) is 16.7 Å². The number of hydrogen-bond donors (Lipinski definition) is 0. The Bertz CT molecular complexity index is 891. The highest BCUT2D eigenvalue weighted by Gasteiger charge is 2.26. The van der Waals surface area contributed by atoms with Gasteiger partial charge in [0.05, 0.1) is 15.5 Å². The van der Waals surface area contributed by atoms with Gasteiger partial charge < -0.3 is 9.64 Å². The number of para-hydroxylation sites is 1. The first-order valence-corrected chi connectivity index (χ1v) is 10.2. The summed E-state index contributed by atoms with van der Waals surface area (Å²) in [5.74, 6) is 0.818. The van der Waals surface area contributed by atoms with Gasteiger partial charge in [-0.1, -0.05) is 18.2 Å². The zero-order valence-corrected chi connectivity index (χ0v) is 15.2. The monoisotopic (exact) mass is 376 g/mol. The van der Waals surface area contributed by atoms with E-state index in [1.807, 2.05) is 35.2 Å². The Morgan fingerprint density at radius 3 is 2.35 bits per heavy atom. The third kappa shape index (κ3) is 4.13. The predicted octanol–water partition coefficient (Wildman–Crippen LogP) is 3.05. The molecular weight excluding hydrogens is 356 g/mol. The summed E-state index contributed by atoms with van der Waals surface area (Å²) in [7, 11) is -3.58. The molecule has 0 radical (unpaired) electrons. The number of piperidine rings is 1. The summed E-state index contributed by atoms with van der Waals surface area (Å²) >= 11 is 0. The van der Waals surface area contributed by atoms with Gasteiger partial charge in [-0.05, 0) is 18.2 Å². The van der Waals surface area contributed by atoms with E-state index in [4.69, 9.17) is 4.74 Å². The fourth-order valence-electron chi connectivity index (χ4n) is 3.08. The summed E-state index contributed by atoms with van der Waals surface area (Å²) in [4.78, 5) is 12.3. The van der Waals surface area contributed by atoms with Crippen molar-refractivity contribution in [2.24, 2.45) is 0 Å². The fraction of sp³-hybridized carbons (Fsp3) is 0.333. The molecule has 0 N–H and O–H groups in total. The number of hydrogen-bond acceptors (Lipinski definition) is 6. The third-order valence-corrected chi connectivity index (χ3v) is 5.51. The molecule has 7 nitrogen and oxygen atoms in total. The zero-order valence-electron chi connectivity index (χ0n) is 14.4. The van der Waals surface area contributed by atoms with Crippen LogP contribution >= 0.6 is 0 Å². The lowest BCUT2D eigenvalue weighted by Crippen LogP contribution is -2.38. The topological polar surface area (TPSA) is 89.8 Å². The van der Waals surface area contributed by atoms with E-state index in [0.29, 0.717) is 18.8 Å². The third-order valence-electron chi connectivity index (χ3n) is 4.38. The first kappa shape index (κ1) is 18.2. The van der Waals surface area contributed by atoms with Crippen molar-refractivity contribution in [3.63, 3.8) is 0 Å². The van der Waals surface area contributed by atoms with Crippen LogP contribution in [0, 0.1) is 10.1 Å². The number of rotatable bonds is 5. The van der Waals surface area contributed by atoms with Gasteiger partial charge in [0.2, 0.25) is 0 Å². The van der Waals surface area contributed by atoms with Gasteiger partial charge in [0.1, 0.15) is 11.9 Å². The average molecular weight is 376 g/mol. The highest BCUT2D eigenvalue weighted by atomic mass is 32.2. The molecule has 1 fully saturated rings. The zero-order chi connectivity index (χ0) is 18.7. The normalized spacial score (nSPS) is 15.7. The first-order valence-electron chi connectivity index (χ1n) is 8.30. The second-order valence-corrected chi connectivity index (χ2v) is 8.28. The van der Waals surface area contributed by atoms with E-state index in [1.54, 1.807) is 0 Å². The van der Waals surface area contributed by atoms with Gasteiger partial charge in [0.15, 0.2) is 9.84 Å². The van der Waals surface area contributed by atoms with Crippen LogP contribution < -0.4 is 9.64 Å². The van der Waals surface area contributed by atoms with Gasteiger partial charge >= 0.3 is 0 Å². The molecule has 0 spiro atoms. The summed E-state index contributed by atoms with van der Waals surface area (Å²) in [5.41, 5.74) is 0.285. The maximum Gasteiger partial charge on any atom is 0.270 e. The molecule has 1 saturated heterocycles. The van der Waals surface area contributed by atoms with Gasteiger partial charge in [0.25, 0.3) is 5.69 Å². The molecule has 26 heavy (non-hydrogen) atoms. The molecule has 0 unspecified atom stereocenters. The van der Waals surface area contributed by atoms with Crippen molar-refractivity contribution in [3.05, 3.63) is 58.6 Å². The number of nitro groups is 1. The lowest BCUT2D eigenvalue weighted by Gasteiger charge is -2.34. The number of sulfone groups is 1. The van der Waals surface area contributed by atoms with Gasteiger partial charge in [-0.15, -0.1) is 0 Å². The van der Waals surface area contributed by atoms with Crippen LogP contribution in [0.1, 0.15) is 12.8 Å². The second kappa shape index (κ2) is 7.33. The second-order valence-electron chi connectivity index (χ2n) is 6.30. The van der Waals surface area contributed by atoms with Gasteiger partial charge in [-0.3, -0.25) is 10.1 Å². The molecule has 0 saturated carbocycles. The van der Waals surface area contributed by atoms with Crippen LogP contribution in [0.2, 0.25) is 0 Å². The van der Waals surface area contributed by atoms with E-state index < -0.39 is 14.8 Å². The van der Waals surface area contributed by atoms with Crippen molar-refractivity contribution in [1.29, 1.82) is 0 Å². The Morgan fingerprint density at radius 1 is 1.12 bits per heavy atom. The lowest BCUT2D eigenvalue weighted by atomic mass is 10.1. The molecular formula is C18H20N2O5S. The van der Waals surface area contributed by atoms with Crippen LogP contribution in [0.3, 0.4) is 0 Å². The molecule has 1 aliphatic rings. The Morgan fingerprint density at radius 2 is 1.77 bits per heavy atom. The molecule has 0 aliphatic carbocycles. The van der Waals surface area contributed by atoms with Crippen LogP contribution in [0.25, 0.3) is 0 Å². The summed E-state index contributed by atoms with van der Waals surface area (Å²) in [6.07, 6.45) is 2.62. The van der Waals surface area contributed by atoms with Crippen molar-refractivity contribution >= 4 is 21.2 Å². The van der Waals surface area contributed by atoms with Crippen molar-refractivity contribution < 1.29 is 18.1 Å². The minimum atomic E-state index is -3.58. The van der Waals surface area contributed by atoms with Crippen LogP contribution in [0.4, 0.5) is 11.4 Å². The van der Waals surface area contributed by atoms with Crippen molar-refractivity contribution in [2.75, 3.05) is 24.2 Å². The Balaban J connectivity index is 1.76. The molecule has 2 aromatic carbocycles. The minimum Gasteiger partial charge on any atom is -0.490 e. The van der Waals surface area contributed by atoms with E-state index in [0.717, 1.165) is 30.9 Å². The molecule has 8 heteroatoms. The van der Waals surface area contributed by atoms with Crippen molar-refractivity contribution in [2.45, 2.75) is 23.8 Å². The van der Waals surface area contributed by atoms with Crippen LogP contribution in [0.15, 0.2) is 53.4 Å². The number of ether oxygens (including phenoxy) is 1. The van der Waals surface area contributed by atoms with Crippen molar-refractivity contribution in [1.82, 2.24) is 0 Å². The Hall–Kier alpha value is -2.61. The Kier molecular flexibility index (Phi) is 5.13. The first-order chi connectivity index (χ1) is 12.3. The standard InChI is InChI=1S/C18H20N2O5S/c1-26(23,24)18-13-14(20(21)22)7-8-17(18)19-11-9-16(10-12-19)25-15-5-3-2-4-6-15/h2-8,13,16H,9-12H2,1H3. The number of nitrogens with zero attached hydrogens (tertiary/aromatic N) is 2. The fourth-order valence-corrected chi connectivity index (χ4v) is 3.99. The molecule has 138 valence electrons. The number of non-ortho nitro benzene ring substituents is 1. The summed E-state index contributed by atoms with van der Waals surface area (Å²) in [6.45, 7) is 1.25. The lowest BCUT2D eigenvalue weighted by molar-refractivity contribution is -0.385. The maximum absolute atomic E-state index is 12.1. The number of benzene rings is 2. The maximum atomic E-state index is 12.1. The van der Waals surface area contributed by atoms with Gasteiger partial charge in [-0.25, -0.2) is 8.42 Å². The molecule has 0 atom stereocenters. The van der Waals surface area contributed by atoms with Crippen LogP contribution in [-0.2, 0) is 9.84 Å². The number of nitro benzene ring substituents is 1. The SMILES string of the molecule is CS(=O)(=O)c1cc([N+](=O)[O-])ccc1N1CCC(Oc2ccccc2)CC1. The molecule has 0 amide bonds. The molecule has 0 aromatic heterocycles.